The van der Waals surface area contributed by atoms with Crippen molar-refractivity contribution in [1.29, 1.82) is 0 Å². The number of aliphatic hydroxyl groups is 1. The van der Waals surface area contributed by atoms with Gasteiger partial charge < -0.3 is 5.11 Å². The molecule has 1 N–H and O–H groups in total. The number of hydrogen-bond acceptors (Lipinski definition) is 1. The van der Waals surface area contributed by atoms with E-state index in [1.54, 1.807) is 0 Å². The summed E-state index contributed by atoms with van der Waals surface area (Å²) in [6, 6.07) is 4.29. The SMILES string of the molecule is OC(c1cc(F)cc(F)c1)c1cccc(C(F)(F)F)c1F. The van der Waals surface area contributed by atoms with Crippen molar-refractivity contribution in [2.24, 2.45) is 0 Å². The first-order valence-electron chi connectivity index (χ1n) is 5.70. The van der Waals surface area contributed by atoms with E-state index in [-0.39, 0.29) is 5.56 Å². The smallest absolute Gasteiger partial charge is 0.384 e. The van der Waals surface area contributed by atoms with E-state index >= 15 is 0 Å². The summed E-state index contributed by atoms with van der Waals surface area (Å²) in [5.74, 6) is -3.74. The van der Waals surface area contributed by atoms with Crippen LogP contribution in [0, 0.1) is 17.5 Å². The van der Waals surface area contributed by atoms with E-state index in [0.717, 1.165) is 12.1 Å². The molecule has 0 aliphatic rings. The molecule has 1 atom stereocenters. The summed E-state index contributed by atoms with van der Waals surface area (Å²) >= 11 is 0. The number of halogens is 6. The maximum Gasteiger partial charge on any atom is 0.419 e. The summed E-state index contributed by atoms with van der Waals surface area (Å²) in [7, 11) is 0. The fourth-order valence-electron chi connectivity index (χ4n) is 1.89. The van der Waals surface area contributed by atoms with Crippen LogP contribution in [0.25, 0.3) is 0 Å². The number of rotatable bonds is 2. The lowest BCUT2D eigenvalue weighted by Crippen LogP contribution is -2.12. The number of hydrogen-bond donors (Lipinski definition) is 1. The van der Waals surface area contributed by atoms with Crippen molar-refractivity contribution in [2.75, 3.05) is 0 Å². The van der Waals surface area contributed by atoms with Crippen molar-refractivity contribution < 1.29 is 31.4 Å². The van der Waals surface area contributed by atoms with Gasteiger partial charge in [-0.1, -0.05) is 12.1 Å². The highest BCUT2D eigenvalue weighted by Gasteiger charge is 2.35. The molecule has 0 saturated carbocycles. The first-order valence-corrected chi connectivity index (χ1v) is 5.70. The number of aliphatic hydroxyl groups excluding tert-OH is 1. The van der Waals surface area contributed by atoms with Gasteiger partial charge in [0.15, 0.2) is 0 Å². The maximum atomic E-state index is 13.8. The molecule has 7 heteroatoms. The molecule has 0 aliphatic carbocycles. The summed E-state index contributed by atoms with van der Waals surface area (Å²) in [6.45, 7) is 0. The normalized spacial score (nSPS) is 13.3. The van der Waals surface area contributed by atoms with Crippen LogP contribution in [-0.4, -0.2) is 5.11 Å². The lowest BCUT2D eigenvalue weighted by atomic mass is 9.98. The Morgan fingerprint density at radius 3 is 2.00 bits per heavy atom. The van der Waals surface area contributed by atoms with Crippen LogP contribution in [0.2, 0.25) is 0 Å². The molecule has 1 nitrogen and oxygen atoms in total. The Hall–Kier alpha value is -2.02. The van der Waals surface area contributed by atoms with E-state index in [4.69, 9.17) is 0 Å². The van der Waals surface area contributed by atoms with Gasteiger partial charge in [0.2, 0.25) is 0 Å². The minimum absolute atomic E-state index is 0.384. The van der Waals surface area contributed by atoms with Crippen LogP contribution < -0.4 is 0 Å². The van der Waals surface area contributed by atoms with Crippen molar-refractivity contribution in [3.8, 4) is 0 Å². The molecule has 0 aromatic heterocycles. The lowest BCUT2D eigenvalue weighted by Gasteiger charge is -2.16. The Morgan fingerprint density at radius 1 is 0.905 bits per heavy atom. The summed E-state index contributed by atoms with van der Waals surface area (Å²) < 4.78 is 77.7. The first-order chi connectivity index (χ1) is 9.70. The van der Waals surface area contributed by atoms with Gasteiger partial charge in [0.05, 0.1) is 5.56 Å². The predicted octanol–water partition coefficient (Wildman–Crippen LogP) is 4.20. The average Bonchev–Trinajstić information content (AvgIpc) is 2.35. The standard InChI is InChI=1S/C14H8F6O/c15-8-4-7(5-9(16)6-8)13(21)10-2-1-3-11(12(10)17)14(18,19)20/h1-6,13,21H. The van der Waals surface area contributed by atoms with Crippen molar-refractivity contribution >= 4 is 0 Å². The van der Waals surface area contributed by atoms with Gasteiger partial charge in [-0.05, 0) is 23.8 Å². The molecule has 2 rings (SSSR count). The number of benzene rings is 2. The monoisotopic (exact) mass is 306 g/mol. The summed E-state index contributed by atoms with van der Waals surface area (Å²) in [6.07, 6.45) is -6.86. The zero-order valence-electron chi connectivity index (χ0n) is 10.3. The second kappa shape index (κ2) is 5.40. The van der Waals surface area contributed by atoms with Crippen LogP contribution in [0.4, 0.5) is 26.3 Å². The van der Waals surface area contributed by atoms with Gasteiger partial charge in [0.25, 0.3) is 0 Å². The molecule has 112 valence electrons. The van der Waals surface area contributed by atoms with E-state index in [1.165, 1.54) is 0 Å². The highest BCUT2D eigenvalue weighted by Crippen LogP contribution is 2.35. The third kappa shape index (κ3) is 3.18. The van der Waals surface area contributed by atoms with Crippen molar-refractivity contribution in [1.82, 2.24) is 0 Å². The van der Waals surface area contributed by atoms with E-state index in [9.17, 15) is 31.4 Å². The summed E-state index contributed by atoms with van der Waals surface area (Å²) in [4.78, 5) is 0. The van der Waals surface area contributed by atoms with E-state index in [0.29, 0.717) is 24.3 Å². The van der Waals surface area contributed by atoms with Gasteiger partial charge in [-0.3, -0.25) is 0 Å². The minimum Gasteiger partial charge on any atom is -0.384 e. The molecule has 0 fully saturated rings. The fraction of sp³-hybridized carbons (Fsp3) is 0.143. The Bertz CT molecular complexity index is 645. The Kier molecular flexibility index (Phi) is 3.95. The third-order valence-electron chi connectivity index (χ3n) is 2.83. The molecule has 0 bridgehead atoms. The second-order valence-corrected chi connectivity index (χ2v) is 4.31. The lowest BCUT2D eigenvalue weighted by molar-refractivity contribution is -0.140. The Morgan fingerprint density at radius 2 is 1.48 bits per heavy atom. The van der Waals surface area contributed by atoms with Crippen LogP contribution in [0.15, 0.2) is 36.4 Å². The van der Waals surface area contributed by atoms with Crippen LogP contribution in [0.5, 0.6) is 0 Å². The quantitative estimate of drug-likeness (QED) is 0.824. The molecule has 2 aromatic rings. The summed E-state index contributed by atoms with van der Waals surface area (Å²) in [5.41, 5.74) is -2.66. The molecule has 0 saturated heterocycles. The maximum absolute atomic E-state index is 13.8. The Balaban J connectivity index is 2.51. The fourth-order valence-corrected chi connectivity index (χ4v) is 1.89. The minimum atomic E-state index is -4.94. The predicted molar refractivity (Wildman–Crippen MR) is 61.8 cm³/mol. The summed E-state index contributed by atoms with van der Waals surface area (Å²) in [5, 5.41) is 9.87. The molecular weight excluding hydrogens is 298 g/mol. The first kappa shape index (κ1) is 15.4. The largest absolute Gasteiger partial charge is 0.419 e. The van der Waals surface area contributed by atoms with Crippen molar-refractivity contribution in [3.05, 3.63) is 70.5 Å². The molecule has 0 aliphatic heterocycles. The molecule has 1 unspecified atom stereocenters. The van der Waals surface area contributed by atoms with Gasteiger partial charge in [-0.25, -0.2) is 13.2 Å². The second-order valence-electron chi connectivity index (χ2n) is 4.31. The molecule has 21 heavy (non-hydrogen) atoms. The molecular formula is C14H8F6O. The third-order valence-corrected chi connectivity index (χ3v) is 2.83. The molecule has 0 radical (unpaired) electrons. The van der Waals surface area contributed by atoms with E-state index in [1.807, 2.05) is 0 Å². The van der Waals surface area contributed by atoms with Gasteiger partial charge in [0.1, 0.15) is 23.6 Å². The molecule has 0 spiro atoms. The van der Waals surface area contributed by atoms with Crippen molar-refractivity contribution in [3.63, 3.8) is 0 Å². The van der Waals surface area contributed by atoms with Gasteiger partial charge in [-0.15, -0.1) is 0 Å². The molecule has 0 amide bonds. The average molecular weight is 306 g/mol. The highest BCUT2D eigenvalue weighted by atomic mass is 19.4. The van der Waals surface area contributed by atoms with Crippen LogP contribution >= 0.6 is 0 Å². The number of alkyl halides is 3. The topological polar surface area (TPSA) is 20.2 Å². The molecule has 0 heterocycles. The van der Waals surface area contributed by atoms with Crippen LogP contribution in [-0.2, 0) is 6.18 Å². The van der Waals surface area contributed by atoms with Gasteiger partial charge in [0, 0.05) is 11.6 Å². The van der Waals surface area contributed by atoms with Gasteiger partial charge >= 0.3 is 6.18 Å². The highest BCUT2D eigenvalue weighted by molar-refractivity contribution is 5.35. The zero-order chi connectivity index (χ0) is 15.8. The van der Waals surface area contributed by atoms with E-state index in [2.05, 4.69) is 0 Å². The van der Waals surface area contributed by atoms with Crippen LogP contribution in [0.1, 0.15) is 22.8 Å². The van der Waals surface area contributed by atoms with E-state index < -0.39 is 40.9 Å². The van der Waals surface area contributed by atoms with Crippen LogP contribution in [0.3, 0.4) is 0 Å². The van der Waals surface area contributed by atoms with Crippen molar-refractivity contribution in [2.45, 2.75) is 12.3 Å². The Labute approximate surface area is 115 Å². The zero-order valence-corrected chi connectivity index (χ0v) is 10.3. The van der Waals surface area contributed by atoms with Gasteiger partial charge in [-0.2, -0.15) is 13.2 Å². The molecule has 2 aromatic carbocycles.